The average Bonchev–Trinajstić information content (AvgIpc) is 2.49. The average molecular weight is 328 g/mol. The Labute approximate surface area is 128 Å². The van der Waals surface area contributed by atoms with Crippen molar-refractivity contribution in [2.45, 2.75) is 4.90 Å². The van der Waals surface area contributed by atoms with Crippen LogP contribution >= 0.6 is 11.6 Å². The van der Waals surface area contributed by atoms with Gasteiger partial charge in [0.2, 0.25) is 0 Å². The molecule has 0 unspecified atom stereocenters. The Hall–Kier alpha value is -1.99. The number of methoxy groups -OCH3 is 1. The third-order valence-corrected chi connectivity index (χ3v) is 4.44. The molecule has 0 amide bonds. The molecule has 8 heteroatoms. The zero-order valence-electron chi connectivity index (χ0n) is 11.4. The molecule has 6 nitrogen and oxygen atoms in total. The highest BCUT2D eigenvalue weighted by atomic mass is 35.5. The number of hydrogen-bond donors (Lipinski definition) is 2. The zero-order chi connectivity index (χ0) is 15.5. The summed E-state index contributed by atoms with van der Waals surface area (Å²) in [6.07, 6.45) is 1.50. The highest BCUT2D eigenvalue weighted by Crippen LogP contribution is 2.29. The highest BCUT2D eigenvalue weighted by molar-refractivity contribution is 7.92. The van der Waals surface area contributed by atoms with E-state index in [-0.39, 0.29) is 21.4 Å². The van der Waals surface area contributed by atoms with E-state index in [9.17, 15) is 8.42 Å². The normalized spacial score (nSPS) is 11.0. The second kappa shape index (κ2) is 6.19. The maximum atomic E-state index is 12.4. The number of sulfonamides is 1. The molecule has 0 aliphatic rings. The van der Waals surface area contributed by atoms with E-state index < -0.39 is 10.0 Å². The van der Waals surface area contributed by atoms with E-state index >= 15 is 0 Å². The number of ether oxygens (including phenoxy) is 1. The molecule has 21 heavy (non-hydrogen) atoms. The van der Waals surface area contributed by atoms with Gasteiger partial charge in [-0.2, -0.15) is 0 Å². The number of pyridine rings is 1. The predicted octanol–water partition coefficient (Wildman–Crippen LogP) is 2.59. The lowest BCUT2D eigenvalue weighted by atomic mass is 10.3. The van der Waals surface area contributed by atoms with Crippen molar-refractivity contribution in [1.29, 1.82) is 0 Å². The molecule has 0 aliphatic carbocycles. The van der Waals surface area contributed by atoms with E-state index in [0.717, 1.165) is 0 Å². The number of aromatic nitrogens is 1. The van der Waals surface area contributed by atoms with E-state index in [1.165, 1.54) is 25.4 Å². The molecule has 1 aromatic carbocycles. The summed E-state index contributed by atoms with van der Waals surface area (Å²) < 4.78 is 32.4. The van der Waals surface area contributed by atoms with Crippen LogP contribution in [0.4, 0.5) is 11.5 Å². The van der Waals surface area contributed by atoms with Gasteiger partial charge in [0.1, 0.15) is 16.5 Å². The van der Waals surface area contributed by atoms with E-state index in [2.05, 4.69) is 15.0 Å². The van der Waals surface area contributed by atoms with Crippen molar-refractivity contribution in [3.63, 3.8) is 0 Å². The van der Waals surface area contributed by atoms with Crippen molar-refractivity contribution in [2.24, 2.45) is 0 Å². The first-order chi connectivity index (χ1) is 9.97. The van der Waals surface area contributed by atoms with Crippen molar-refractivity contribution in [1.82, 2.24) is 4.98 Å². The van der Waals surface area contributed by atoms with Crippen LogP contribution in [0.15, 0.2) is 41.4 Å². The van der Waals surface area contributed by atoms with Crippen LogP contribution in [-0.4, -0.2) is 27.6 Å². The topological polar surface area (TPSA) is 80.3 Å². The van der Waals surface area contributed by atoms with Crippen molar-refractivity contribution >= 4 is 33.1 Å². The van der Waals surface area contributed by atoms with Crippen molar-refractivity contribution < 1.29 is 13.2 Å². The smallest absolute Gasteiger partial charge is 0.265 e. The van der Waals surface area contributed by atoms with E-state index in [1.54, 1.807) is 25.2 Å². The molecule has 2 N–H and O–H groups in total. The predicted molar refractivity (Wildman–Crippen MR) is 82.6 cm³/mol. The molecule has 2 rings (SSSR count). The van der Waals surface area contributed by atoms with Gasteiger partial charge in [0.25, 0.3) is 10.0 Å². The molecule has 2 aromatic rings. The van der Waals surface area contributed by atoms with E-state index in [1.807, 2.05) is 0 Å². The summed E-state index contributed by atoms with van der Waals surface area (Å²) in [5, 5.41) is 3.01. The maximum Gasteiger partial charge on any atom is 0.265 e. The lowest BCUT2D eigenvalue weighted by Gasteiger charge is -2.13. The first kappa shape index (κ1) is 15.4. The van der Waals surface area contributed by atoms with Crippen LogP contribution < -0.4 is 14.8 Å². The lowest BCUT2D eigenvalue weighted by molar-refractivity contribution is 0.415. The van der Waals surface area contributed by atoms with Gasteiger partial charge in [-0.05, 0) is 24.3 Å². The third kappa shape index (κ3) is 3.37. The number of anilines is 2. The van der Waals surface area contributed by atoms with Gasteiger partial charge in [0, 0.05) is 19.3 Å². The lowest BCUT2D eigenvalue weighted by Crippen LogP contribution is -2.15. The zero-order valence-corrected chi connectivity index (χ0v) is 13.0. The number of hydrogen-bond acceptors (Lipinski definition) is 5. The van der Waals surface area contributed by atoms with Crippen molar-refractivity contribution in [3.05, 3.63) is 41.6 Å². The minimum atomic E-state index is -3.82. The summed E-state index contributed by atoms with van der Waals surface area (Å²) in [5.41, 5.74) is 0.238. The fourth-order valence-corrected chi connectivity index (χ4v) is 3.16. The molecular weight excluding hydrogens is 314 g/mol. The number of halogens is 1. The number of rotatable bonds is 5. The molecular formula is C13H14ClN3O3S. The largest absolute Gasteiger partial charge is 0.497 e. The standard InChI is InChI=1S/C13H14ClN3O3S/c1-15-13-12(4-3-7-16-13)21(18,19)17-11-8-9(20-2)5-6-10(11)14/h3-8,17H,1-2H3,(H,15,16). The maximum absolute atomic E-state index is 12.4. The molecule has 0 saturated heterocycles. The van der Waals surface area contributed by atoms with Crippen LogP contribution in [0.3, 0.4) is 0 Å². The minimum Gasteiger partial charge on any atom is -0.497 e. The Morgan fingerprint density at radius 1 is 1.29 bits per heavy atom. The molecule has 0 atom stereocenters. The second-order valence-corrected chi connectivity index (χ2v) is 6.11. The molecule has 0 saturated carbocycles. The molecule has 1 heterocycles. The van der Waals surface area contributed by atoms with E-state index in [4.69, 9.17) is 16.3 Å². The summed E-state index contributed by atoms with van der Waals surface area (Å²) in [6.45, 7) is 0. The summed E-state index contributed by atoms with van der Waals surface area (Å²) in [6, 6.07) is 7.71. The van der Waals surface area contributed by atoms with Crippen LogP contribution in [0.5, 0.6) is 5.75 Å². The van der Waals surface area contributed by atoms with Crippen LogP contribution in [0.2, 0.25) is 5.02 Å². The van der Waals surface area contributed by atoms with Crippen molar-refractivity contribution in [3.8, 4) is 5.75 Å². The van der Waals surface area contributed by atoms with Crippen LogP contribution in [0.25, 0.3) is 0 Å². The van der Waals surface area contributed by atoms with Gasteiger partial charge in [-0.15, -0.1) is 0 Å². The molecule has 0 aliphatic heterocycles. The van der Waals surface area contributed by atoms with Gasteiger partial charge < -0.3 is 10.1 Å². The highest BCUT2D eigenvalue weighted by Gasteiger charge is 2.20. The van der Waals surface area contributed by atoms with E-state index in [0.29, 0.717) is 5.75 Å². The molecule has 0 spiro atoms. The van der Waals surface area contributed by atoms with Crippen molar-refractivity contribution in [2.75, 3.05) is 24.2 Å². The summed E-state index contributed by atoms with van der Waals surface area (Å²) in [5.74, 6) is 0.751. The summed E-state index contributed by atoms with van der Waals surface area (Å²) in [7, 11) is -0.734. The van der Waals surface area contributed by atoms with Gasteiger partial charge in [0.05, 0.1) is 17.8 Å². The monoisotopic (exact) mass is 327 g/mol. The van der Waals surface area contributed by atoms with Gasteiger partial charge in [-0.1, -0.05) is 11.6 Å². The van der Waals surface area contributed by atoms with Gasteiger partial charge in [0.15, 0.2) is 0 Å². The van der Waals surface area contributed by atoms with Gasteiger partial charge in [-0.25, -0.2) is 13.4 Å². The molecule has 1 aromatic heterocycles. The molecule has 112 valence electrons. The summed E-state index contributed by atoms with van der Waals surface area (Å²) in [4.78, 5) is 4.01. The number of nitrogens with zero attached hydrogens (tertiary/aromatic N) is 1. The Kier molecular flexibility index (Phi) is 4.54. The van der Waals surface area contributed by atoms with Gasteiger partial charge in [-0.3, -0.25) is 4.72 Å². The number of nitrogens with one attached hydrogen (secondary N) is 2. The first-order valence-electron chi connectivity index (χ1n) is 5.97. The Balaban J connectivity index is 2.42. The van der Waals surface area contributed by atoms with Crippen LogP contribution in [0, 0.1) is 0 Å². The van der Waals surface area contributed by atoms with Gasteiger partial charge >= 0.3 is 0 Å². The quantitative estimate of drug-likeness (QED) is 0.882. The SMILES string of the molecule is CNc1ncccc1S(=O)(=O)Nc1cc(OC)ccc1Cl. The summed E-state index contributed by atoms with van der Waals surface area (Å²) >= 11 is 6.01. The fourth-order valence-electron chi connectivity index (χ4n) is 1.70. The Morgan fingerprint density at radius 3 is 2.71 bits per heavy atom. The minimum absolute atomic E-state index is 0.0337. The van der Waals surface area contributed by atoms with Crippen LogP contribution in [0.1, 0.15) is 0 Å². The Bertz CT molecular complexity index is 750. The molecule has 0 radical (unpaired) electrons. The number of benzene rings is 1. The molecule has 0 fully saturated rings. The third-order valence-electron chi connectivity index (χ3n) is 2.71. The second-order valence-electron chi connectivity index (χ2n) is 4.05. The van der Waals surface area contributed by atoms with Crippen LogP contribution in [-0.2, 0) is 10.0 Å². The fraction of sp³-hybridized carbons (Fsp3) is 0.154. The Morgan fingerprint density at radius 2 is 2.05 bits per heavy atom. The first-order valence-corrected chi connectivity index (χ1v) is 7.83. The molecule has 0 bridgehead atoms.